The number of aliphatic carboxylic acids is 1. The number of rotatable bonds is 9. The minimum Gasteiger partial charge on any atom is -0.508 e. The summed E-state index contributed by atoms with van der Waals surface area (Å²) in [6.45, 7) is -0.249. The maximum atomic E-state index is 13.8. The molecule has 4 bridgehead atoms. The summed E-state index contributed by atoms with van der Waals surface area (Å²) < 4.78 is 0. The van der Waals surface area contributed by atoms with Gasteiger partial charge >= 0.3 is 5.97 Å². The van der Waals surface area contributed by atoms with Crippen LogP contribution in [0.2, 0.25) is 0 Å². The van der Waals surface area contributed by atoms with Crippen molar-refractivity contribution in [2.75, 3.05) is 13.6 Å². The summed E-state index contributed by atoms with van der Waals surface area (Å²) in [7, 11) is 1.25. The summed E-state index contributed by atoms with van der Waals surface area (Å²) in [5.74, 6) is -5.10. The van der Waals surface area contributed by atoms with Gasteiger partial charge in [-0.1, -0.05) is 12.1 Å². The maximum absolute atomic E-state index is 13.8. The molecule has 44 heavy (non-hydrogen) atoms. The van der Waals surface area contributed by atoms with E-state index in [1.165, 1.54) is 19.2 Å². The van der Waals surface area contributed by atoms with Gasteiger partial charge in [0.2, 0.25) is 23.6 Å². The number of nitrogens with two attached hydrogens (primary N) is 3. The van der Waals surface area contributed by atoms with Gasteiger partial charge in [0.25, 0.3) is 0 Å². The third-order valence-corrected chi connectivity index (χ3v) is 7.49. The van der Waals surface area contributed by atoms with E-state index in [1.807, 2.05) is 0 Å². The molecule has 3 rings (SSSR count). The molecule has 238 valence electrons. The molecule has 0 aliphatic carbocycles. The third-order valence-electron chi connectivity index (χ3n) is 7.49. The largest absolute Gasteiger partial charge is 0.508 e. The van der Waals surface area contributed by atoms with E-state index in [2.05, 4.69) is 10.6 Å². The maximum Gasteiger partial charge on any atom is 0.326 e. The number of nitrogens with zero attached hydrogens (tertiary/aromatic N) is 1. The van der Waals surface area contributed by atoms with Crippen molar-refractivity contribution in [1.82, 2.24) is 15.5 Å². The van der Waals surface area contributed by atoms with Gasteiger partial charge in [0.05, 0.1) is 12.1 Å². The minimum absolute atomic E-state index is 0.112. The number of benzene rings is 2. The van der Waals surface area contributed by atoms with E-state index < -0.39 is 59.9 Å². The van der Waals surface area contributed by atoms with Gasteiger partial charge in [-0.25, -0.2) is 4.79 Å². The standard InChI is InChI=1S/C29H38N6O9/c1-35-22(27(41)33-20(29(43)44)4-7-25(32)39)11-17-9-15(3-6-24(17)38)14-2-5-23(37)16(8-14)10-19(31)26(40)34-21(28(35)42)12-18(36)13-30/h2-3,5-6,8-9,18-22,36-38H,4,7,10-13,30-31H2,1H3,(H2,32,39)(H,33,41)(H,34,40)(H,43,44)/t18-,19+,20+,21+,22+/m1/s1. The van der Waals surface area contributed by atoms with Gasteiger partial charge in [-0.2, -0.15) is 0 Å². The summed E-state index contributed by atoms with van der Waals surface area (Å²) in [4.78, 5) is 64.7. The molecule has 15 heteroatoms. The number of aliphatic hydroxyl groups is 1. The number of nitrogens with one attached hydrogen (secondary N) is 2. The van der Waals surface area contributed by atoms with E-state index in [1.54, 1.807) is 24.3 Å². The van der Waals surface area contributed by atoms with Crippen molar-refractivity contribution in [2.24, 2.45) is 17.2 Å². The zero-order chi connectivity index (χ0) is 32.7. The number of aromatic hydroxyl groups is 2. The monoisotopic (exact) mass is 614 g/mol. The zero-order valence-electron chi connectivity index (χ0n) is 24.1. The van der Waals surface area contributed by atoms with Crippen molar-refractivity contribution < 1.29 is 44.4 Å². The van der Waals surface area contributed by atoms with Crippen LogP contribution in [-0.4, -0.2) is 98.8 Å². The van der Waals surface area contributed by atoms with E-state index in [4.69, 9.17) is 17.2 Å². The molecule has 15 nitrogen and oxygen atoms in total. The van der Waals surface area contributed by atoms with Gasteiger partial charge in [-0.3, -0.25) is 19.2 Å². The molecule has 5 atom stereocenters. The van der Waals surface area contributed by atoms with Crippen molar-refractivity contribution in [3.63, 3.8) is 0 Å². The quantitative estimate of drug-likeness (QED) is 0.150. The Hall–Kier alpha value is -4.73. The molecule has 1 heterocycles. The molecule has 0 fully saturated rings. The van der Waals surface area contributed by atoms with Crippen LogP contribution in [0.15, 0.2) is 36.4 Å². The Morgan fingerprint density at radius 2 is 1.61 bits per heavy atom. The van der Waals surface area contributed by atoms with Gasteiger partial charge in [0.1, 0.15) is 29.6 Å². The van der Waals surface area contributed by atoms with Crippen molar-refractivity contribution >= 4 is 29.6 Å². The fraction of sp³-hybridized carbons (Fsp3) is 0.414. The van der Waals surface area contributed by atoms with Gasteiger partial charge in [-0.15, -0.1) is 0 Å². The Balaban J connectivity index is 2.14. The topological polar surface area (TPSA) is 272 Å². The number of phenols is 2. The highest BCUT2D eigenvalue weighted by Crippen LogP contribution is 2.31. The lowest BCUT2D eigenvalue weighted by Crippen LogP contribution is -2.59. The first-order chi connectivity index (χ1) is 20.7. The molecular formula is C29H38N6O9. The number of fused-ring (bicyclic) bond motifs is 5. The number of likely N-dealkylation sites (N-methyl/N-ethyl adjacent to an activating group) is 1. The molecule has 2 aromatic carbocycles. The second-order valence-corrected chi connectivity index (χ2v) is 10.8. The SMILES string of the molecule is CN1C(=O)[C@H](C[C@@H](O)CN)NC(=O)[C@@H](N)Cc2cc(ccc2O)-c2ccc(O)c(c2)C[C@H]1C(=O)N[C@@H](CCC(N)=O)C(=O)O. The van der Waals surface area contributed by atoms with Crippen LogP contribution in [0.3, 0.4) is 0 Å². The van der Waals surface area contributed by atoms with Crippen molar-refractivity contribution in [1.29, 1.82) is 0 Å². The minimum atomic E-state index is -1.53. The molecule has 0 aromatic heterocycles. The first-order valence-electron chi connectivity index (χ1n) is 13.9. The van der Waals surface area contributed by atoms with Crippen LogP contribution in [0.4, 0.5) is 0 Å². The smallest absolute Gasteiger partial charge is 0.326 e. The van der Waals surface area contributed by atoms with Crippen LogP contribution in [0.1, 0.15) is 30.4 Å². The van der Waals surface area contributed by atoms with Crippen molar-refractivity contribution in [3.05, 3.63) is 47.5 Å². The fourth-order valence-electron chi connectivity index (χ4n) is 4.88. The lowest BCUT2D eigenvalue weighted by molar-refractivity contribution is -0.145. The van der Waals surface area contributed by atoms with Crippen LogP contribution < -0.4 is 27.8 Å². The summed E-state index contributed by atoms with van der Waals surface area (Å²) in [6.07, 6.45) is -2.64. The van der Waals surface area contributed by atoms with Crippen LogP contribution >= 0.6 is 0 Å². The number of carboxylic acid groups (broad SMARTS) is 1. The number of carboxylic acids is 1. The number of phenolic OH excluding ortho intramolecular Hbond substituents is 2. The number of hydrogen-bond donors (Lipinski definition) is 9. The summed E-state index contributed by atoms with van der Waals surface area (Å²) >= 11 is 0. The predicted octanol–water partition coefficient (Wildman–Crippen LogP) is -1.95. The van der Waals surface area contributed by atoms with E-state index in [-0.39, 0.29) is 55.7 Å². The average Bonchev–Trinajstić information content (AvgIpc) is 2.97. The number of hydrogen-bond acceptors (Lipinski definition) is 10. The Kier molecular flexibility index (Phi) is 11.2. The first kappa shape index (κ1) is 33.8. The molecule has 0 saturated carbocycles. The molecule has 12 N–H and O–H groups in total. The number of primary amides is 1. The fourth-order valence-corrected chi connectivity index (χ4v) is 4.88. The van der Waals surface area contributed by atoms with Gasteiger partial charge in [0.15, 0.2) is 0 Å². The molecule has 0 saturated heterocycles. The lowest BCUT2D eigenvalue weighted by atomic mass is 9.95. The van der Waals surface area contributed by atoms with E-state index in [9.17, 15) is 44.4 Å². The summed E-state index contributed by atoms with van der Waals surface area (Å²) in [6, 6.07) is 3.59. The third kappa shape index (κ3) is 8.43. The Morgan fingerprint density at radius 3 is 2.14 bits per heavy atom. The van der Waals surface area contributed by atoms with Crippen LogP contribution in [-0.2, 0) is 36.8 Å². The molecular weight excluding hydrogens is 576 g/mol. The highest BCUT2D eigenvalue weighted by atomic mass is 16.4. The normalized spacial score (nSPS) is 20.5. The van der Waals surface area contributed by atoms with Crippen LogP contribution in [0.25, 0.3) is 11.1 Å². The van der Waals surface area contributed by atoms with Crippen molar-refractivity contribution in [2.45, 2.75) is 62.4 Å². The molecule has 2 aromatic rings. The molecule has 0 unspecified atom stereocenters. The van der Waals surface area contributed by atoms with E-state index in [0.717, 1.165) is 4.90 Å². The number of carbonyl (C=O) groups excluding carboxylic acids is 4. The highest BCUT2D eigenvalue weighted by Gasteiger charge is 2.36. The van der Waals surface area contributed by atoms with Gasteiger partial charge < -0.3 is 53.2 Å². The molecule has 0 radical (unpaired) electrons. The van der Waals surface area contributed by atoms with Crippen LogP contribution in [0, 0.1) is 0 Å². The van der Waals surface area contributed by atoms with Crippen LogP contribution in [0.5, 0.6) is 11.5 Å². The van der Waals surface area contributed by atoms with Crippen molar-refractivity contribution in [3.8, 4) is 22.6 Å². The highest BCUT2D eigenvalue weighted by molar-refractivity contribution is 5.94. The van der Waals surface area contributed by atoms with E-state index in [0.29, 0.717) is 16.7 Å². The Labute approximate surface area is 253 Å². The van der Waals surface area contributed by atoms with E-state index >= 15 is 0 Å². The summed E-state index contributed by atoms with van der Waals surface area (Å²) in [5, 5.41) is 45.9. The zero-order valence-corrected chi connectivity index (χ0v) is 24.1. The molecule has 0 spiro atoms. The Bertz CT molecular complexity index is 1420. The second-order valence-electron chi connectivity index (χ2n) is 10.8. The average molecular weight is 615 g/mol. The van der Waals surface area contributed by atoms with Gasteiger partial charge in [-0.05, 0) is 52.9 Å². The predicted molar refractivity (Wildman–Crippen MR) is 157 cm³/mol. The Morgan fingerprint density at radius 1 is 1.05 bits per heavy atom. The molecule has 1 aliphatic rings. The summed E-state index contributed by atoms with van der Waals surface area (Å²) in [5.41, 5.74) is 18.6. The number of aliphatic hydroxyl groups excluding tert-OH is 1. The molecule has 1 aliphatic heterocycles. The second kappa shape index (κ2) is 14.6. The lowest BCUT2D eigenvalue weighted by Gasteiger charge is -2.32. The number of amides is 4. The number of carbonyl (C=O) groups is 5. The first-order valence-corrected chi connectivity index (χ1v) is 13.9. The van der Waals surface area contributed by atoms with Gasteiger partial charge in [0, 0.05) is 39.3 Å². The molecule has 4 amide bonds.